The number of para-hydroxylation sites is 1. The van der Waals surface area contributed by atoms with E-state index < -0.39 is 5.54 Å². The van der Waals surface area contributed by atoms with Crippen molar-refractivity contribution in [1.29, 1.82) is 0 Å². The number of carbonyl (C=O) groups excluding carboxylic acids is 2. The summed E-state index contributed by atoms with van der Waals surface area (Å²) in [6, 6.07) is 8.32. The number of fused-ring (bicyclic) bond motifs is 4. The molecule has 1 N–H and O–H groups in total. The summed E-state index contributed by atoms with van der Waals surface area (Å²) in [5.41, 5.74) is 1.42. The van der Waals surface area contributed by atoms with E-state index in [2.05, 4.69) is 22.2 Å². The van der Waals surface area contributed by atoms with Crippen molar-refractivity contribution >= 4 is 17.5 Å². The molecule has 5 heterocycles. The van der Waals surface area contributed by atoms with Crippen LogP contribution in [0.4, 0.5) is 5.69 Å². The van der Waals surface area contributed by atoms with Crippen LogP contribution in [-0.4, -0.2) is 72.3 Å². The van der Waals surface area contributed by atoms with Crippen LogP contribution in [0.15, 0.2) is 24.3 Å². The smallest absolute Gasteiger partial charge is 0.250 e. The van der Waals surface area contributed by atoms with E-state index in [1.807, 2.05) is 29.2 Å². The minimum atomic E-state index is -0.798. The van der Waals surface area contributed by atoms with Gasteiger partial charge in [-0.25, -0.2) is 0 Å². The third kappa shape index (κ3) is 1.88. The highest BCUT2D eigenvalue weighted by Crippen LogP contribution is 2.56. The number of hydrogen-bond acceptors (Lipinski definition) is 4. The van der Waals surface area contributed by atoms with Crippen molar-refractivity contribution in [2.45, 2.75) is 30.8 Å². The lowest BCUT2D eigenvalue weighted by Gasteiger charge is -2.60. The lowest BCUT2D eigenvalue weighted by Crippen LogP contribution is -2.73. The lowest BCUT2D eigenvalue weighted by atomic mass is 9.71. The fourth-order valence-electron chi connectivity index (χ4n) is 6.80. The van der Waals surface area contributed by atoms with Gasteiger partial charge in [-0.15, -0.1) is 0 Å². The SMILES string of the molecule is CN1CC2(C1)CN(C(=O)[C@@H]1C[C@H]3CCCN3[C@]13C(=O)Nc1ccccc13)C2. The van der Waals surface area contributed by atoms with Gasteiger partial charge in [-0.2, -0.15) is 0 Å². The number of likely N-dealkylation sites (tertiary alicyclic amines) is 2. The molecule has 0 saturated carbocycles. The van der Waals surface area contributed by atoms with E-state index in [4.69, 9.17) is 0 Å². The van der Waals surface area contributed by atoms with Crippen LogP contribution in [0.2, 0.25) is 0 Å². The zero-order valence-corrected chi connectivity index (χ0v) is 15.8. The first-order valence-electron chi connectivity index (χ1n) is 10.2. The Morgan fingerprint density at radius 3 is 2.74 bits per heavy atom. The average molecular weight is 366 g/mol. The molecule has 27 heavy (non-hydrogen) atoms. The van der Waals surface area contributed by atoms with Crippen molar-refractivity contribution in [2.24, 2.45) is 11.3 Å². The second-order valence-electron chi connectivity index (χ2n) is 9.41. The van der Waals surface area contributed by atoms with Gasteiger partial charge in [0.2, 0.25) is 11.8 Å². The summed E-state index contributed by atoms with van der Waals surface area (Å²) in [5.74, 6) is -0.0666. The van der Waals surface area contributed by atoms with Gasteiger partial charge in [0.15, 0.2) is 0 Å². The van der Waals surface area contributed by atoms with Gasteiger partial charge in [0, 0.05) is 48.9 Å². The summed E-state index contributed by atoms with van der Waals surface area (Å²) in [4.78, 5) is 33.6. The number of carbonyl (C=O) groups is 2. The molecule has 0 bridgehead atoms. The second-order valence-corrected chi connectivity index (χ2v) is 9.41. The molecule has 1 aromatic rings. The van der Waals surface area contributed by atoms with E-state index >= 15 is 0 Å². The Bertz CT molecular complexity index is 840. The third-order valence-electron chi connectivity index (χ3n) is 7.65. The fourth-order valence-corrected chi connectivity index (χ4v) is 6.80. The summed E-state index contributed by atoms with van der Waals surface area (Å²) in [6.07, 6.45) is 3.02. The predicted molar refractivity (Wildman–Crippen MR) is 101 cm³/mol. The molecule has 0 aromatic heterocycles. The van der Waals surface area contributed by atoms with Crippen LogP contribution in [0, 0.1) is 11.3 Å². The molecule has 1 aromatic carbocycles. The Balaban J connectivity index is 1.37. The van der Waals surface area contributed by atoms with Crippen molar-refractivity contribution in [2.75, 3.05) is 45.1 Å². The summed E-state index contributed by atoms with van der Waals surface area (Å²) in [5, 5.41) is 3.09. The number of amides is 2. The first kappa shape index (κ1) is 16.1. The first-order valence-corrected chi connectivity index (χ1v) is 10.2. The molecule has 6 nitrogen and oxygen atoms in total. The molecule has 4 saturated heterocycles. The van der Waals surface area contributed by atoms with Crippen molar-refractivity contribution < 1.29 is 9.59 Å². The molecule has 142 valence electrons. The molecular formula is C21H26N4O2. The molecule has 6 rings (SSSR count). The largest absolute Gasteiger partial charge is 0.341 e. The van der Waals surface area contributed by atoms with Gasteiger partial charge in [0.25, 0.3) is 0 Å². The number of rotatable bonds is 1. The van der Waals surface area contributed by atoms with Gasteiger partial charge in [-0.05, 0) is 38.9 Å². The molecule has 2 amide bonds. The van der Waals surface area contributed by atoms with E-state index in [1.54, 1.807) is 0 Å². The van der Waals surface area contributed by atoms with Crippen LogP contribution in [0.3, 0.4) is 0 Å². The molecule has 0 radical (unpaired) electrons. The standard InChI is InChI=1S/C21H26N4O2/c1-23-10-20(11-23)12-24(13-20)18(26)16-9-14-5-4-8-25(14)21(16)15-6-2-3-7-17(15)22-19(21)27/h2-3,6-7,14,16H,4-5,8-13H2,1H3,(H,22,27)/t14-,16+,21+/m1/s1. The normalized spacial score (nSPS) is 36.5. The van der Waals surface area contributed by atoms with Gasteiger partial charge in [0.1, 0.15) is 5.54 Å². The zero-order valence-electron chi connectivity index (χ0n) is 15.8. The van der Waals surface area contributed by atoms with Gasteiger partial charge in [0.05, 0.1) is 5.92 Å². The van der Waals surface area contributed by atoms with Gasteiger partial charge < -0.3 is 15.1 Å². The van der Waals surface area contributed by atoms with Gasteiger partial charge in [-0.1, -0.05) is 18.2 Å². The molecule has 0 unspecified atom stereocenters. The van der Waals surface area contributed by atoms with E-state index in [-0.39, 0.29) is 17.7 Å². The van der Waals surface area contributed by atoms with E-state index in [9.17, 15) is 9.59 Å². The predicted octanol–water partition coefficient (Wildman–Crippen LogP) is 1.09. The van der Waals surface area contributed by atoms with Gasteiger partial charge >= 0.3 is 0 Å². The van der Waals surface area contributed by atoms with E-state index in [0.29, 0.717) is 11.5 Å². The van der Waals surface area contributed by atoms with Crippen molar-refractivity contribution in [3.05, 3.63) is 29.8 Å². The Morgan fingerprint density at radius 2 is 1.96 bits per heavy atom. The third-order valence-corrected chi connectivity index (χ3v) is 7.65. The molecule has 6 heteroatoms. The van der Waals surface area contributed by atoms with Crippen LogP contribution in [-0.2, 0) is 15.1 Å². The van der Waals surface area contributed by atoms with Gasteiger partial charge in [-0.3, -0.25) is 14.5 Å². The van der Waals surface area contributed by atoms with Crippen LogP contribution < -0.4 is 5.32 Å². The topological polar surface area (TPSA) is 55.9 Å². The Morgan fingerprint density at radius 1 is 1.19 bits per heavy atom. The molecule has 5 aliphatic heterocycles. The molecule has 0 aliphatic carbocycles. The quantitative estimate of drug-likeness (QED) is 0.809. The Kier molecular flexibility index (Phi) is 3.04. The zero-order chi connectivity index (χ0) is 18.4. The monoisotopic (exact) mass is 366 g/mol. The lowest BCUT2D eigenvalue weighted by molar-refractivity contribution is -0.165. The minimum absolute atomic E-state index is 0.00469. The molecule has 3 atom stereocenters. The Hall–Kier alpha value is -1.92. The minimum Gasteiger partial charge on any atom is -0.341 e. The number of benzene rings is 1. The molecule has 4 fully saturated rings. The van der Waals surface area contributed by atoms with Crippen LogP contribution in [0.5, 0.6) is 0 Å². The molecule has 2 spiro atoms. The highest BCUT2D eigenvalue weighted by molar-refractivity contribution is 6.09. The summed E-state index contributed by atoms with van der Waals surface area (Å²) in [6.45, 7) is 4.80. The summed E-state index contributed by atoms with van der Waals surface area (Å²) in [7, 11) is 2.13. The highest BCUT2D eigenvalue weighted by Gasteiger charge is 2.67. The number of hydrogen-bond donors (Lipinski definition) is 1. The van der Waals surface area contributed by atoms with Crippen LogP contribution >= 0.6 is 0 Å². The van der Waals surface area contributed by atoms with Crippen LogP contribution in [0.25, 0.3) is 0 Å². The summed E-state index contributed by atoms with van der Waals surface area (Å²) >= 11 is 0. The van der Waals surface area contributed by atoms with Crippen molar-refractivity contribution in [3.8, 4) is 0 Å². The molecule has 5 aliphatic rings. The van der Waals surface area contributed by atoms with E-state index in [1.165, 1.54) is 0 Å². The number of nitrogens with zero attached hydrogens (tertiary/aromatic N) is 3. The fraction of sp³-hybridized carbons (Fsp3) is 0.619. The molecular weight excluding hydrogens is 340 g/mol. The van der Waals surface area contributed by atoms with E-state index in [0.717, 1.165) is 63.2 Å². The second kappa shape index (κ2) is 5.11. The van der Waals surface area contributed by atoms with Crippen molar-refractivity contribution in [3.63, 3.8) is 0 Å². The van der Waals surface area contributed by atoms with Crippen molar-refractivity contribution in [1.82, 2.24) is 14.7 Å². The summed E-state index contributed by atoms with van der Waals surface area (Å²) < 4.78 is 0. The average Bonchev–Trinajstić information content (AvgIpc) is 3.24. The number of anilines is 1. The highest BCUT2D eigenvalue weighted by atomic mass is 16.2. The van der Waals surface area contributed by atoms with Crippen LogP contribution in [0.1, 0.15) is 24.8 Å². The maximum absolute atomic E-state index is 13.6. The number of nitrogens with one attached hydrogen (secondary N) is 1. The first-order chi connectivity index (χ1) is 13.0. The maximum atomic E-state index is 13.6. The maximum Gasteiger partial charge on any atom is 0.250 e. The Labute approximate surface area is 159 Å².